The molecule has 1 aliphatic heterocycles. The normalized spacial score (nSPS) is 19.8. The second-order valence-corrected chi connectivity index (χ2v) is 23.8. The molecule has 2 aliphatic rings. The van der Waals surface area contributed by atoms with Crippen molar-refractivity contribution in [3.05, 3.63) is 35.5 Å². The van der Waals surface area contributed by atoms with Crippen LogP contribution in [0.4, 0.5) is 30.5 Å². The van der Waals surface area contributed by atoms with Gasteiger partial charge < -0.3 is 5.11 Å². The predicted molar refractivity (Wildman–Crippen MR) is 123 cm³/mol. The SMILES string of the molecule is [CH3][Sn]([CH3])([CH3])[c]1nc(Nc2ccc(N3CCN[C@H](CO)C3)cc2C2CC2)ncc1C(F)(F)F. The standard InChI is InChI=1S/C19H21F3N5O.3CH3.Sn/c20-19(21,22)13-8-24-18(25-9-13)26-17-4-3-15(7-16(17)12-1-2-12)27-6-5-23-14(10-27)11-28;;;;/h3-4,7-8,12,14,23,28H,1-2,5-6,10-11H2,(H,24,25,26);3*1H3;/t14-;;;;/m0..../s1. The molecule has 0 radical (unpaired) electrons. The van der Waals surface area contributed by atoms with E-state index < -0.39 is 30.1 Å². The van der Waals surface area contributed by atoms with Crippen molar-refractivity contribution in [2.75, 3.05) is 36.5 Å². The quantitative estimate of drug-likeness (QED) is 0.474. The maximum absolute atomic E-state index is 13.5. The van der Waals surface area contributed by atoms with Gasteiger partial charge in [-0.05, 0) is 0 Å². The van der Waals surface area contributed by atoms with E-state index in [1.807, 2.05) is 27.0 Å². The molecular weight excluding hydrogens is 526 g/mol. The number of piperazine rings is 1. The minimum atomic E-state index is -4.45. The van der Waals surface area contributed by atoms with E-state index in [1.165, 1.54) is 0 Å². The monoisotopic (exact) mass is 557 g/mol. The summed E-state index contributed by atoms with van der Waals surface area (Å²) in [7, 11) is 0. The van der Waals surface area contributed by atoms with Gasteiger partial charge in [0.25, 0.3) is 0 Å². The van der Waals surface area contributed by atoms with Gasteiger partial charge in [0.1, 0.15) is 0 Å². The molecule has 2 aromatic rings. The molecule has 0 unspecified atom stereocenters. The van der Waals surface area contributed by atoms with Crippen LogP contribution in [0.5, 0.6) is 0 Å². The van der Waals surface area contributed by atoms with Crippen molar-refractivity contribution >= 4 is 39.4 Å². The number of hydrogen-bond acceptors (Lipinski definition) is 6. The number of nitrogens with one attached hydrogen (secondary N) is 2. The van der Waals surface area contributed by atoms with Crippen molar-refractivity contribution in [3.63, 3.8) is 0 Å². The van der Waals surface area contributed by atoms with E-state index in [2.05, 4.69) is 31.6 Å². The van der Waals surface area contributed by atoms with E-state index in [0.29, 0.717) is 5.92 Å². The molecule has 1 atom stereocenters. The third kappa shape index (κ3) is 5.31. The van der Waals surface area contributed by atoms with Crippen molar-refractivity contribution in [2.24, 2.45) is 0 Å². The topological polar surface area (TPSA) is 73.3 Å². The van der Waals surface area contributed by atoms with Crippen molar-refractivity contribution in [3.8, 4) is 0 Å². The van der Waals surface area contributed by atoms with E-state index in [4.69, 9.17) is 0 Å². The Kier molecular flexibility index (Phi) is 6.61. The van der Waals surface area contributed by atoms with E-state index >= 15 is 0 Å². The van der Waals surface area contributed by atoms with E-state index in [0.717, 1.165) is 55.6 Å². The van der Waals surface area contributed by atoms with Crippen LogP contribution in [-0.2, 0) is 6.18 Å². The van der Waals surface area contributed by atoms with Crippen molar-refractivity contribution in [2.45, 2.75) is 45.8 Å². The summed E-state index contributed by atoms with van der Waals surface area (Å²) < 4.78 is 40.7. The van der Waals surface area contributed by atoms with Crippen LogP contribution in [0.3, 0.4) is 0 Å². The van der Waals surface area contributed by atoms with Crippen molar-refractivity contribution < 1.29 is 18.3 Å². The second kappa shape index (κ2) is 8.98. The van der Waals surface area contributed by atoms with Crippen LogP contribution in [0.1, 0.15) is 29.9 Å². The first-order valence-electron chi connectivity index (χ1n) is 11.0. The van der Waals surface area contributed by atoms with Gasteiger partial charge in [-0.3, -0.25) is 0 Å². The molecule has 2 fully saturated rings. The fourth-order valence-corrected chi connectivity index (χ4v) is 8.27. The van der Waals surface area contributed by atoms with E-state index in [1.54, 1.807) is 0 Å². The average molecular weight is 556 g/mol. The van der Waals surface area contributed by atoms with Crippen molar-refractivity contribution in [1.29, 1.82) is 0 Å². The molecule has 4 rings (SSSR count). The summed E-state index contributed by atoms with van der Waals surface area (Å²) >= 11 is -3.15. The molecule has 174 valence electrons. The summed E-state index contributed by atoms with van der Waals surface area (Å²) in [6, 6.07) is 6.20. The van der Waals surface area contributed by atoms with Gasteiger partial charge in [0.05, 0.1) is 0 Å². The van der Waals surface area contributed by atoms with Gasteiger partial charge in [-0.1, -0.05) is 0 Å². The molecule has 2 heterocycles. The number of aliphatic hydroxyl groups excluding tert-OH is 1. The zero-order valence-electron chi connectivity index (χ0n) is 18.6. The Morgan fingerprint density at radius 1 is 1.25 bits per heavy atom. The van der Waals surface area contributed by atoms with E-state index in [-0.39, 0.29) is 22.3 Å². The summed E-state index contributed by atoms with van der Waals surface area (Å²) in [5, 5.41) is 16.0. The van der Waals surface area contributed by atoms with Gasteiger partial charge in [-0.25, -0.2) is 0 Å². The number of rotatable bonds is 6. The molecule has 1 saturated carbocycles. The first-order chi connectivity index (χ1) is 15.1. The fourth-order valence-electron chi connectivity index (χ4n) is 4.12. The number of alkyl halides is 3. The first kappa shape index (κ1) is 23.6. The molecule has 0 amide bonds. The molecular formula is C22H30F3N5OSn. The average Bonchev–Trinajstić information content (AvgIpc) is 3.58. The van der Waals surface area contributed by atoms with Crippen LogP contribution in [0.2, 0.25) is 14.8 Å². The number of aliphatic hydroxyl groups is 1. The molecule has 32 heavy (non-hydrogen) atoms. The third-order valence-electron chi connectivity index (χ3n) is 5.94. The van der Waals surface area contributed by atoms with Gasteiger partial charge in [0, 0.05) is 0 Å². The number of hydrogen-bond donors (Lipinski definition) is 3. The van der Waals surface area contributed by atoms with Gasteiger partial charge in [0.15, 0.2) is 0 Å². The molecule has 10 heteroatoms. The number of aromatic nitrogens is 2. The van der Waals surface area contributed by atoms with Gasteiger partial charge in [-0.15, -0.1) is 0 Å². The van der Waals surface area contributed by atoms with Crippen molar-refractivity contribution in [1.82, 2.24) is 15.3 Å². The Bertz CT molecular complexity index is 975. The predicted octanol–water partition coefficient (Wildman–Crippen LogP) is 3.43. The third-order valence-corrected chi connectivity index (χ3v) is 11.1. The molecule has 3 N–H and O–H groups in total. The van der Waals surface area contributed by atoms with Crippen LogP contribution in [0, 0.1) is 0 Å². The van der Waals surface area contributed by atoms with Gasteiger partial charge >= 0.3 is 186 Å². The number of benzene rings is 1. The van der Waals surface area contributed by atoms with Crippen LogP contribution in [0.25, 0.3) is 0 Å². The first-order valence-corrected chi connectivity index (χ1v) is 21.0. The van der Waals surface area contributed by atoms with E-state index in [9.17, 15) is 18.3 Å². The number of halogens is 3. The van der Waals surface area contributed by atoms with Crippen LogP contribution in [0.15, 0.2) is 24.4 Å². The van der Waals surface area contributed by atoms with Gasteiger partial charge in [0.2, 0.25) is 0 Å². The number of anilines is 3. The zero-order chi connectivity index (χ0) is 23.1. The Morgan fingerprint density at radius 3 is 2.62 bits per heavy atom. The zero-order valence-corrected chi connectivity index (χ0v) is 21.5. The van der Waals surface area contributed by atoms with Crippen LogP contribution >= 0.6 is 0 Å². The number of nitrogens with zero attached hydrogens (tertiary/aromatic N) is 3. The molecule has 1 aromatic heterocycles. The molecule has 0 bridgehead atoms. The Morgan fingerprint density at radius 2 is 2.00 bits per heavy atom. The molecule has 6 nitrogen and oxygen atoms in total. The molecule has 1 aliphatic carbocycles. The van der Waals surface area contributed by atoms with Crippen LogP contribution < -0.4 is 19.2 Å². The molecule has 1 aromatic carbocycles. The maximum atomic E-state index is 13.5. The summed E-state index contributed by atoms with van der Waals surface area (Å²) in [5.74, 6) is 0.654. The summed E-state index contributed by atoms with van der Waals surface area (Å²) in [4.78, 5) is 16.4. The summed E-state index contributed by atoms with van der Waals surface area (Å²) in [6.45, 7) is 2.50. The fraction of sp³-hybridized carbons (Fsp3) is 0.545. The minimum absolute atomic E-state index is 0.0496. The summed E-state index contributed by atoms with van der Waals surface area (Å²) in [6.07, 6.45) is -1.34. The Balaban J connectivity index is 1.63. The molecule has 1 saturated heterocycles. The summed E-state index contributed by atoms with van der Waals surface area (Å²) in [5.41, 5.74) is 2.38. The second-order valence-electron chi connectivity index (χ2n) is 9.65. The van der Waals surface area contributed by atoms with Gasteiger partial charge in [-0.2, -0.15) is 0 Å². The molecule has 0 spiro atoms. The Labute approximate surface area is 190 Å². The van der Waals surface area contributed by atoms with Crippen LogP contribution in [-0.4, -0.2) is 65.7 Å². The Hall–Kier alpha value is -1.59.